The molecule has 2 aliphatic rings. The van der Waals surface area contributed by atoms with Crippen LogP contribution in [0.4, 0.5) is 5.69 Å². The molecule has 4 heteroatoms. The van der Waals surface area contributed by atoms with Gasteiger partial charge >= 0.3 is 0 Å². The van der Waals surface area contributed by atoms with E-state index in [1.165, 1.54) is 0 Å². The Bertz CT molecular complexity index is 664. The van der Waals surface area contributed by atoms with Crippen LogP contribution in [0.2, 0.25) is 0 Å². The third-order valence-electron chi connectivity index (χ3n) is 4.50. The van der Waals surface area contributed by atoms with E-state index in [0.717, 1.165) is 30.0 Å². The SMILES string of the molecule is CC(=O)N1c2ccccc2[C@@H]2OCC[C@@H]2[C@@H]1c1ccco1. The van der Waals surface area contributed by atoms with Crippen LogP contribution in [0.15, 0.2) is 47.1 Å². The third kappa shape index (κ3) is 1.83. The van der Waals surface area contributed by atoms with E-state index in [1.807, 2.05) is 35.2 Å². The maximum absolute atomic E-state index is 12.3. The fourth-order valence-electron chi connectivity index (χ4n) is 3.70. The molecule has 3 heterocycles. The van der Waals surface area contributed by atoms with Crippen molar-refractivity contribution < 1.29 is 13.9 Å². The van der Waals surface area contributed by atoms with E-state index < -0.39 is 0 Å². The van der Waals surface area contributed by atoms with Crippen LogP contribution in [-0.2, 0) is 9.53 Å². The highest BCUT2D eigenvalue weighted by Gasteiger charge is 2.47. The summed E-state index contributed by atoms with van der Waals surface area (Å²) in [6.07, 6.45) is 2.65. The first-order valence-corrected chi connectivity index (χ1v) is 7.31. The summed E-state index contributed by atoms with van der Waals surface area (Å²) in [5.41, 5.74) is 2.05. The maximum Gasteiger partial charge on any atom is 0.224 e. The summed E-state index contributed by atoms with van der Waals surface area (Å²) in [5, 5.41) is 0. The number of nitrogens with zero attached hydrogens (tertiary/aromatic N) is 1. The Morgan fingerprint density at radius 2 is 2.10 bits per heavy atom. The van der Waals surface area contributed by atoms with Gasteiger partial charge in [0.1, 0.15) is 11.8 Å². The highest BCUT2D eigenvalue weighted by molar-refractivity contribution is 5.94. The normalized spacial score (nSPS) is 27.3. The van der Waals surface area contributed by atoms with E-state index in [0.29, 0.717) is 0 Å². The highest BCUT2D eigenvalue weighted by atomic mass is 16.5. The summed E-state index contributed by atoms with van der Waals surface area (Å²) in [6.45, 7) is 2.34. The Kier molecular flexibility index (Phi) is 2.86. The number of amides is 1. The molecule has 0 bridgehead atoms. The van der Waals surface area contributed by atoms with Gasteiger partial charge in [-0.1, -0.05) is 18.2 Å². The Labute approximate surface area is 123 Å². The molecule has 0 aliphatic carbocycles. The Morgan fingerprint density at radius 1 is 1.24 bits per heavy atom. The second-order valence-corrected chi connectivity index (χ2v) is 5.65. The van der Waals surface area contributed by atoms with Crippen molar-refractivity contribution in [2.24, 2.45) is 5.92 Å². The molecule has 1 saturated heterocycles. The minimum absolute atomic E-state index is 0.0363. The standard InChI is InChI=1S/C17H17NO3/c1-11(19)18-14-6-3-2-5-12(14)17-13(8-10-21-17)16(18)15-7-4-9-20-15/h2-7,9,13,16-17H,8,10H2,1H3/t13-,16-,17+/m1/s1. The largest absolute Gasteiger partial charge is 0.467 e. The van der Waals surface area contributed by atoms with Crippen molar-refractivity contribution in [3.05, 3.63) is 54.0 Å². The number of rotatable bonds is 1. The zero-order chi connectivity index (χ0) is 14.4. The van der Waals surface area contributed by atoms with Crippen molar-refractivity contribution in [2.75, 3.05) is 11.5 Å². The molecular weight excluding hydrogens is 266 g/mol. The number of hydrogen-bond acceptors (Lipinski definition) is 3. The van der Waals surface area contributed by atoms with Gasteiger partial charge in [0.15, 0.2) is 0 Å². The molecule has 0 saturated carbocycles. The minimum atomic E-state index is -0.0834. The summed E-state index contributed by atoms with van der Waals surface area (Å²) in [6, 6.07) is 11.8. The van der Waals surface area contributed by atoms with Gasteiger partial charge in [-0.25, -0.2) is 0 Å². The molecule has 108 valence electrons. The molecule has 21 heavy (non-hydrogen) atoms. The fourth-order valence-corrected chi connectivity index (χ4v) is 3.70. The molecule has 1 fully saturated rings. The van der Waals surface area contributed by atoms with Gasteiger partial charge in [-0.15, -0.1) is 0 Å². The van der Waals surface area contributed by atoms with Crippen LogP contribution in [-0.4, -0.2) is 12.5 Å². The molecule has 1 aromatic carbocycles. The molecule has 2 aliphatic heterocycles. The number of para-hydroxylation sites is 1. The predicted molar refractivity (Wildman–Crippen MR) is 77.9 cm³/mol. The summed E-state index contributed by atoms with van der Waals surface area (Å²) in [4.78, 5) is 14.2. The first-order chi connectivity index (χ1) is 10.3. The molecule has 1 amide bonds. The maximum atomic E-state index is 12.3. The van der Waals surface area contributed by atoms with E-state index in [4.69, 9.17) is 9.15 Å². The first kappa shape index (κ1) is 12.7. The molecule has 3 atom stereocenters. The molecule has 0 unspecified atom stereocenters. The number of carbonyl (C=O) groups excluding carboxylic acids is 1. The molecule has 0 radical (unpaired) electrons. The average molecular weight is 283 g/mol. The van der Waals surface area contributed by atoms with E-state index >= 15 is 0 Å². The molecule has 4 nitrogen and oxygen atoms in total. The van der Waals surface area contributed by atoms with Crippen LogP contribution in [0.3, 0.4) is 0 Å². The van der Waals surface area contributed by atoms with Gasteiger partial charge in [-0.3, -0.25) is 4.79 Å². The third-order valence-corrected chi connectivity index (χ3v) is 4.50. The number of furan rings is 1. The smallest absolute Gasteiger partial charge is 0.224 e. The number of benzene rings is 1. The number of carbonyl (C=O) groups is 1. The van der Waals surface area contributed by atoms with Gasteiger partial charge in [-0.05, 0) is 24.6 Å². The molecule has 1 aromatic heterocycles. The quantitative estimate of drug-likeness (QED) is 0.805. The molecule has 0 N–H and O–H groups in total. The minimum Gasteiger partial charge on any atom is -0.467 e. The van der Waals surface area contributed by atoms with Gasteiger partial charge < -0.3 is 14.1 Å². The predicted octanol–water partition coefficient (Wildman–Crippen LogP) is 3.47. The van der Waals surface area contributed by atoms with Crippen LogP contribution in [0.5, 0.6) is 0 Å². The molecule has 4 rings (SSSR count). The second kappa shape index (κ2) is 4.74. The number of hydrogen-bond donors (Lipinski definition) is 0. The average Bonchev–Trinajstić information content (AvgIpc) is 3.17. The van der Waals surface area contributed by atoms with Crippen molar-refractivity contribution in [1.82, 2.24) is 0 Å². The Hall–Kier alpha value is -2.07. The van der Waals surface area contributed by atoms with Gasteiger partial charge in [0, 0.05) is 25.0 Å². The lowest BCUT2D eigenvalue weighted by molar-refractivity contribution is -0.117. The fraction of sp³-hybridized carbons (Fsp3) is 0.353. The van der Waals surface area contributed by atoms with Crippen molar-refractivity contribution in [3.8, 4) is 0 Å². The van der Waals surface area contributed by atoms with Gasteiger partial charge in [0.2, 0.25) is 5.91 Å². The van der Waals surface area contributed by atoms with Crippen molar-refractivity contribution in [2.45, 2.75) is 25.5 Å². The lowest BCUT2D eigenvalue weighted by atomic mass is 9.81. The van der Waals surface area contributed by atoms with Gasteiger partial charge in [0.25, 0.3) is 0 Å². The van der Waals surface area contributed by atoms with Crippen LogP contribution in [0.25, 0.3) is 0 Å². The zero-order valence-electron chi connectivity index (χ0n) is 11.9. The Morgan fingerprint density at radius 3 is 2.86 bits per heavy atom. The van der Waals surface area contributed by atoms with E-state index in [1.54, 1.807) is 13.2 Å². The van der Waals surface area contributed by atoms with Crippen LogP contribution >= 0.6 is 0 Å². The summed E-state index contributed by atoms with van der Waals surface area (Å²) in [5.74, 6) is 1.12. The topological polar surface area (TPSA) is 42.7 Å². The van der Waals surface area contributed by atoms with Crippen LogP contribution in [0, 0.1) is 5.92 Å². The summed E-state index contributed by atoms with van der Waals surface area (Å²) in [7, 11) is 0. The van der Waals surface area contributed by atoms with Crippen molar-refractivity contribution >= 4 is 11.6 Å². The monoisotopic (exact) mass is 283 g/mol. The summed E-state index contributed by atoms with van der Waals surface area (Å²) < 4.78 is 11.6. The number of anilines is 1. The van der Waals surface area contributed by atoms with E-state index in [2.05, 4.69) is 6.07 Å². The van der Waals surface area contributed by atoms with Crippen LogP contribution < -0.4 is 4.90 Å². The van der Waals surface area contributed by atoms with E-state index in [9.17, 15) is 4.79 Å². The van der Waals surface area contributed by atoms with Crippen molar-refractivity contribution in [3.63, 3.8) is 0 Å². The zero-order valence-corrected chi connectivity index (χ0v) is 11.9. The molecule has 2 aromatic rings. The molecule has 0 spiro atoms. The Balaban J connectivity index is 1.91. The lowest BCUT2D eigenvalue weighted by Crippen LogP contribution is -2.42. The number of ether oxygens (including phenoxy) is 1. The number of fused-ring (bicyclic) bond motifs is 3. The van der Waals surface area contributed by atoms with Crippen LogP contribution in [0.1, 0.15) is 36.8 Å². The van der Waals surface area contributed by atoms with Gasteiger partial charge in [-0.2, -0.15) is 0 Å². The van der Waals surface area contributed by atoms with Gasteiger partial charge in [0.05, 0.1) is 18.1 Å². The van der Waals surface area contributed by atoms with Crippen molar-refractivity contribution in [1.29, 1.82) is 0 Å². The molecular formula is C17H17NO3. The highest BCUT2D eigenvalue weighted by Crippen LogP contribution is 2.52. The lowest BCUT2D eigenvalue weighted by Gasteiger charge is -2.42. The second-order valence-electron chi connectivity index (χ2n) is 5.65. The first-order valence-electron chi connectivity index (χ1n) is 7.31. The van der Waals surface area contributed by atoms with E-state index in [-0.39, 0.29) is 24.0 Å². The summed E-state index contributed by atoms with van der Waals surface area (Å²) >= 11 is 0.